The molecule has 0 spiro atoms. The molecular weight excluding hydrogens is 508 g/mol. The SMILES string of the molecule is c1ccc(-c2cccc(-n3c4ccccc4c4c5c6ccccc6n(-c6ccc7ccccc7c6)c5ccc43)c2)cc1. The van der Waals surface area contributed by atoms with E-state index in [-0.39, 0.29) is 0 Å². The Morgan fingerprint density at radius 1 is 0.310 bits per heavy atom. The number of nitrogens with zero attached hydrogens (tertiary/aromatic N) is 2. The van der Waals surface area contributed by atoms with Crippen LogP contribution in [0.4, 0.5) is 0 Å². The lowest BCUT2D eigenvalue weighted by Gasteiger charge is -2.11. The number of para-hydroxylation sites is 2. The third kappa shape index (κ3) is 3.33. The summed E-state index contributed by atoms with van der Waals surface area (Å²) in [7, 11) is 0. The van der Waals surface area contributed by atoms with Gasteiger partial charge in [0.15, 0.2) is 0 Å². The van der Waals surface area contributed by atoms with Gasteiger partial charge < -0.3 is 9.13 Å². The lowest BCUT2D eigenvalue weighted by molar-refractivity contribution is 1.17. The van der Waals surface area contributed by atoms with Crippen molar-refractivity contribution in [1.82, 2.24) is 9.13 Å². The van der Waals surface area contributed by atoms with Crippen LogP contribution in [0, 0.1) is 0 Å². The molecule has 2 heterocycles. The van der Waals surface area contributed by atoms with E-state index in [2.05, 4.69) is 167 Å². The van der Waals surface area contributed by atoms with Crippen molar-refractivity contribution in [3.8, 4) is 22.5 Å². The molecular formula is C40H26N2. The van der Waals surface area contributed by atoms with Gasteiger partial charge in [-0.3, -0.25) is 0 Å². The monoisotopic (exact) mass is 534 g/mol. The van der Waals surface area contributed by atoms with Crippen molar-refractivity contribution in [2.75, 3.05) is 0 Å². The molecule has 0 saturated carbocycles. The fraction of sp³-hybridized carbons (Fsp3) is 0. The van der Waals surface area contributed by atoms with Gasteiger partial charge in [-0.2, -0.15) is 0 Å². The summed E-state index contributed by atoms with van der Waals surface area (Å²) in [5.74, 6) is 0. The molecule has 7 aromatic carbocycles. The summed E-state index contributed by atoms with van der Waals surface area (Å²) in [6.07, 6.45) is 0. The highest BCUT2D eigenvalue weighted by Gasteiger charge is 2.20. The number of aromatic nitrogens is 2. The van der Waals surface area contributed by atoms with Crippen LogP contribution in [0.5, 0.6) is 0 Å². The maximum absolute atomic E-state index is 2.43. The third-order valence-electron chi connectivity index (χ3n) is 8.67. The van der Waals surface area contributed by atoms with Crippen molar-refractivity contribution < 1.29 is 0 Å². The number of hydrogen-bond acceptors (Lipinski definition) is 0. The topological polar surface area (TPSA) is 9.86 Å². The highest BCUT2D eigenvalue weighted by atomic mass is 15.0. The molecule has 0 aliphatic rings. The van der Waals surface area contributed by atoms with Crippen LogP contribution in [-0.4, -0.2) is 9.13 Å². The molecule has 0 aliphatic carbocycles. The standard InChI is InChI=1S/C40H26N2/c1-2-11-27(12-3-1)30-15-10-16-31(25-30)41-35-19-8-6-17-33(35)39-37(41)23-24-38-40(39)34-18-7-9-20-36(34)42(38)32-22-21-28-13-4-5-14-29(28)26-32/h1-26H. The Morgan fingerprint density at radius 2 is 0.857 bits per heavy atom. The number of benzene rings is 7. The van der Waals surface area contributed by atoms with Crippen LogP contribution in [-0.2, 0) is 0 Å². The second-order valence-electron chi connectivity index (χ2n) is 11.0. The summed E-state index contributed by atoms with van der Waals surface area (Å²) in [6.45, 7) is 0. The average molecular weight is 535 g/mol. The van der Waals surface area contributed by atoms with Gasteiger partial charge in [-0.05, 0) is 70.4 Å². The average Bonchev–Trinajstić information content (AvgIpc) is 3.58. The minimum Gasteiger partial charge on any atom is -0.309 e. The van der Waals surface area contributed by atoms with E-state index in [0.29, 0.717) is 0 Å². The van der Waals surface area contributed by atoms with Crippen LogP contribution in [0.2, 0.25) is 0 Å². The van der Waals surface area contributed by atoms with Gasteiger partial charge in [0.2, 0.25) is 0 Å². The van der Waals surface area contributed by atoms with Gasteiger partial charge in [0.25, 0.3) is 0 Å². The van der Waals surface area contributed by atoms with E-state index in [1.54, 1.807) is 0 Å². The van der Waals surface area contributed by atoms with E-state index >= 15 is 0 Å². The molecule has 2 nitrogen and oxygen atoms in total. The van der Waals surface area contributed by atoms with Crippen LogP contribution < -0.4 is 0 Å². The molecule has 9 rings (SSSR count). The Morgan fingerprint density at radius 3 is 1.55 bits per heavy atom. The molecule has 2 heteroatoms. The lowest BCUT2D eigenvalue weighted by Crippen LogP contribution is -1.95. The van der Waals surface area contributed by atoms with E-state index in [9.17, 15) is 0 Å². The summed E-state index contributed by atoms with van der Waals surface area (Å²) in [4.78, 5) is 0. The minimum atomic E-state index is 1.17. The molecule has 0 saturated heterocycles. The minimum absolute atomic E-state index is 1.17. The predicted octanol–water partition coefficient (Wildman–Crippen LogP) is 10.7. The van der Waals surface area contributed by atoms with Crippen molar-refractivity contribution in [1.29, 1.82) is 0 Å². The van der Waals surface area contributed by atoms with Gasteiger partial charge in [-0.25, -0.2) is 0 Å². The largest absolute Gasteiger partial charge is 0.309 e. The van der Waals surface area contributed by atoms with Crippen molar-refractivity contribution >= 4 is 54.4 Å². The first-order valence-electron chi connectivity index (χ1n) is 14.5. The fourth-order valence-electron chi connectivity index (χ4n) is 6.85. The molecule has 196 valence electrons. The summed E-state index contributed by atoms with van der Waals surface area (Å²) < 4.78 is 4.86. The summed E-state index contributed by atoms with van der Waals surface area (Å²) in [5, 5.41) is 7.63. The molecule has 0 unspecified atom stereocenters. The van der Waals surface area contributed by atoms with Gasteiger partial charge >= 0.3 is 0 Å². The van der Waals surface area contributed by atoms with E-state index in [1.165, 1.54) is 76.9 Å². The van der Waals surface area contributed by atoms with Gasteiger partial charge in [0.1, 0.15) is 0 Å². The smallest absolute Gasteiger partial charge is 0.0548 e. The van der Waals surface area contributed by atoms with E-state index in [1.807, 2.05) is 0 Å². The van der Waals surface area contributed by atoms with Crippen molar-refractivity contribution in [3.05, 3.63) is 158 Å². The number of hydrogen-bond donors (Lipinski definition) is 0. The quantitative estimate of drug-likeness (QED) is 0.213. The molecule has 0 N–H and O–H groups in total. The fourth-order valence-corrected chi connectivity index (χ4v) is 6.85. The summed E-state index contributed by atoms with van der Waals surface area (Å²) in [6, 6.07) is 57.2. The Bertz CT molecular complexity index is 2460. The first-order chi connectivity index (χ1) is 20.8. The van der Waals surface area contributed by atoms with Gasteiger partial charge in [-0.1, -0.05) is 109 Å². The molecule has 0 bridgehead atoms. The van der Waals surface area contributed by atoms with Crippen molar-refractivity contribution in [2.24, 2.45) is 0 Å². The Balaban J connectivity index is 1.39. The molecule has 0 aliphatic heterocycles. The molecule has 0 radical (unpaired) electrons. The third-order valence-corrected chi connectivity index (χ3v) is 8.67. The normalized spacial score (nSPS) is 11.8. The van der Waals surface area contributed by atoms with Crippen LogP contribution in [0.1, 0.15) is 0 Å². The maximum atomic E-state index is 2.43. The molecule has 42 heavy (non-hydrogen) atoms. The number of fused-ring (bicyclic) bond motifs is 8. The lowest BCUT2D eigenvalue weighted by atomic mass is 10.0. The highest BCUT2D eigenvalue weighted by molar-refractivity contribution is 6.28. The van der Waals surface area contributed by atoms with Crippen LogP contribution in [0.3, 0.4) is 0 Å². The summed E-state index contributed by atoms with van der Waals surface area (Å²) >= 11 is 0. The highest BCUT2D eigenvalue weighted by Crippen LogP contribution is 2.42. The van der Waals surface area contributed by atoms with Crippen LogP contribution >= 0.6 is 0 Å². The Kier molecular flexibility index (Phi) is 4.93. The van der Waals surface area contributed by atoms with Gasteiger partial charge in [0.05, 0.1) is 22.1 Å². The van der Waals surface area contributed by atoms with E-state index in [0.717, 1.165) is 0 Å². The second-order valence-corrected chi connectivity index (χ2v) is 11.0. The van der Waals surface area contributed by atoms with Crippen molar-refractivity contribution in [2.45, 2.75) is 0 Å². The van der Waals surface area contributed by atoms with Crippen molar-refractivity contribution in [3.63, 3.8) is 0 Å². The Hall–Kier alpha value is -5.60. The predicted molar refractivity (Wildman–Crippen MR) is 178 cm³/mol. The van der Waals surface area contributed by atoms with E-state index < -0.39 is 0 Å². The van der Waals surface area contributed by atoms with E-state index in [4.69, 9.17) is 0 Å². The zero-order valence-corrected chi connectivity index (χ0v) is 22.9. The Labute approximate surface area is 243 Å². The van der Waals surface area contributed by atoms with Crippen LogP contribution in [0.15, 0.2) is 158 Å². The zero-order valence-electron chi connectivity index (χ0n) is 22.9. The maximum Gasteiger partial charge on any atom is 0.0548 e. The second kappa shape index (κ2) is 8.95. The molecule has 9 aromatic rings. The molecule has 0 fully saturated rings. The number of rotatable bonds is 3. The molecule has 0 amide bonds. The molecule has 2 aromatic heterocycles. The van der Waals surface area contributed by atoms with Gasteiger partial charge in [0, 0.05) is 32.9 Å². The zero-order chi connectivity index (χ0) is 27.6. The first kappa shape index (κ1) is 23.1. The first-order valence-corrected chi connectivity index (χ1v) is 14.5. The summed E-state index contributed by atoms with van der Waals surface area (Å²) in [5.41, 5.74) is 9.66. The molecule has 0 atom stereocenters. The van der Waals surface area contributed by atoms with Crippen LogP contribution in [0.25, 0.3) is 76.9 Å². The van der Waals surface area contributed by atoms with Gasteiger partial charge in [-0.15, -0.1) is 0 Å².